The van der Waals surface area contributed by atoms with Gasteiger partial charge in [-0.2, -0.15) is 5.48 Å². The third-order valence-corrected chi connectivity index (χ3v) is 12.7. The molecule has 3 aromatic rings. The summed E-state index contributed by atoms with van der Waals surface area (Å²) in [5, 5.41) is 5.36. The summed E-state index contributed by atoms with van der Waals surface area (Å²) in [5.74, 6) is -1.07. The van der Waals surface area contributed by atoms with Gasteiger partial charge in [-0.3, -0.25) is 19.5 Å². The molecule has 14 nitrogen and oxygen atoms in total. The predicted octanol–water partition coefficient (Wildman–Crippen LogP) is 4.79. The number of carbonyl (C=O) groups excluding carboxylic acids is 3. The Kier molecular flexibility index (Phi) is 10.9. The summed E-state index contributed by atoms with van der Waals surface area (Å²) < 4.78 is 20.7. The van der Waals surface area contributed by atoms with Crippen LogP contribution in [0.3, 0.4) is 0 Å². The van der Waals surface area contributed by atoms with Crippen LogP contribution in [-0.4, -0.2) is 71.7 Å². The lowest BCUT2D eigenvalue weighted by Crippen LogP contribution is -2.47. The molecular formula is C30H43N7O7Si. The first kappa shape index (κ1) is 34.0. The van der Waals surface area contributed by atoms with Gasteiger partial charge in [0.2, 0.25) is 0 Å². The first-order chi connectivity index (χ1) is 21.3. The monoisotopic (exact) mass is 641 g/mol. The Bertz CT molecular complexity index is 1480. The highest BCUT2D eigenvalue weighted by Gasteiger charge is 2.51. The fourth-order valence-electron chi connectivity index (χ4n) is 4.95. The molecule has 1 aromatic carbocycles. The van der Waals surface area contributed by atoms with Gasteiger partial charge < -0.3 is 24.1 Å². The molecule has 3 N–H and O–H groups in total. The second-order valence-corrected chi connectivity index (χ2v) is 17.0. The summed E-state index contributed by atoms with van der Waals surface area (Å²) in [7, 11) is -0.918. The van der Waals surface area contributed by atoms with E-state index in [-0.39, 0.29) is 42.7 Å². The summed E-state index contributed by atoms with van der Waals surface area (Å²) in [6.07, 6.45) is 1.36. The van der Waals surface area contributed by atoms with Crippen LogP contribution in [0.4, 0.5) is 16.3 Å². The number of benzene rings is 1. The van der Waals surface area contributed by atoms with Gasteiger partial charge in [0.15, 0.2) is 31.5 Å². The summed E-state index contributed by atoms with van der Waals surface area (Å²) in [5.41, 5.74) is 3.76. The summed E-state index contributed by atoms with van der Waals surface area (Å²) in [6, 6.07) is 8.53. The zero-order valence-electron chi connectivity index (χ0n) is 26.8. The number of urea groups is 1. The SMILES string of the molecule is CCOC(=O)C[C@H]1[C@@H](O[Si](C)(C)C(C)(C)C)[C@H](n2cnc3c(NC(=O)Nc4ccccc4)ncnc32)O[C@@H]1CCC(=O)ONC. The molecule has 1 saturated heterocycles. The van der Waals surface area contributed by atoms with Crippen LogP contribution in [0.1, 0.15) is 53.2 Å². The van der Waals surface area contributed by atoms with Gasteiger partial charge in [-0.05, 0) is 43.6 Å². The lowest BCUT2D eigenvalue weighted by molar-refractivity contribution is -0.151. The van der Waals surface area contributed by atoms with Crippen molar-refractivity contribution < 1.29 is 33.1 Å². The molecule has 2 aromatic heterocycles. The molecule has 1 aliphatic rings. The Morgan fingerprint density at radius 2 is 1.78 bits per heavy atom. The Hall–Kier alpha value is -3.92. The third-order valence-electron chi connectivity index (χ3n) is 8.18. The summed E-state index contributed by atoms with van der Waals surface area (Å²) in [6.45, 7) is 12.6. The number of hydrogen-bond acceptors (Lipinski definition) is 11. The van der Waals surface area contributed by atoms with Crippen LogP contribution in [0.15, 0.2) is 43.0 Å². The Morgan fingerprint density at radius 3 is 2.44 bits per heavy atom. The number of carbonyl (C=O) groups is 3. The molecule has 0 spiro atoms. The van der Waals surface area contributed by atoms with E-state index in [1.165, 1.54) is 13.4 Å². The maximum atomic E-state index is 12.9. The van der Waals surface area contributed by atoms with Gasteiger partial charge in [0.05, 0.1) is 31.6 Å². The number of nitrogens with one attached hydrogen (secondary N) is 3. The molecule has 4 atom stereocenters. The first-order valence-corrected chi connectivity index (χ1v) is 17.9. The molecule has 0 bridgehead atoms. The molecule has 2 amide bonds. The van der Waals surface area contributed by atoms with Crippen molar-refractivity contribution in [1.82, 2.24) is 25.0 Å². The maximum Gasteiger partial charge on any atom is 0.324 e. The highest BCUT2D eigenvalue weighted by molar-refractivity contribution is 6.74. The molecule has 45 heavy (non-hydrogen) atoms. The van der Waals surface area contributed by atoms with Crippen LogP contribution in [0.5, 0.6) is 0 Å². The van der Waals surface area contributed by atoms with Gasteiger partial charge in [-0.1, -0.05) is 39.0 Å². The van der Waals surface area contributed by atoms with Crippen LogP contribution in [0.25, 0.3) is 11.2 Å². The van der Waals surface area contributed by atoms with Gasteiger partial charge >= 0.3 is 18.0 Å². The van der Waals surface area contributed by atoms with E-state index >= 15 is 0 Å². The summed E-state index contributed by atoms with van der Waals surface area (Å²) >= 11 is 0. The number of aromatic nitrogens is 4. The van der Waals surface area contributed by atoms with Gasteiger partial charge in [-0.25, -0.2) is 19.7 Å². The van der Waals surface area contributed by atoms with Crippen LogP contribution in [-0.2, 0) is 28.3 Å². The molecule has 1 aliphatic heterocycles. The zero-order valence-corrected chi connectivity index (χ0v) is 27.8. The number of nitrogens with zero attached hydrogens (tertiary/aromatic N) is 4. The van der Waals surface area contributed by atoms with Gasteiger partial charge in [0.1, 0.15) is 6.33 Å². The maximum absolute atomic E-state index is 12.9. The van der Waals surface area contributed by atoms with Gasteiger partial charge in [-0.15, -0.1) is 0 Å². The second-order valence-electron chi connectivity index (χ2n) is 12.3. The van der Waals surface area contributed by atoms with Gasteiger partial charge in [0, 0.05) is 25.1 Å². The Balaban J connectivity index is 1.70. The smallest absolute Gasteiger partial charge is 0.324 e. The normalized spacial score (nSPS) is 20.2. The molecule has 4 rings (SSSR count). The van der Waals surface area contributed by atoms with Crippen molar-refractivity contribution in [3.05, 3.63) is 43.0 Å². The molecule has 15 heteroatoms. The fraction of sp³-hybridized carbons (Fsp3) is 0.533. The number of ether oxygens (including phenoxy) is 2. The molecule has 244 valence electrons. The quantitative estimate of drug-likeness (QED) is 0.141. The number of hydrogen-bond donors (Lipinski definition) is 3. The molecule has 0 saturated carbocycles. The number of fused-ring (bicyclic) bond motifs is 1. The highest BCUT2D eigenvalue weighted by Crippen LogP contribution is 2.46. The third kappa shape index (κ3) is 8.22. The van der Waals surface area contributed by atoms with E-state index in [2.05, 4.69) is 64.9 Å². The zero-order chi connectivity index (χ0) is 32.8. The molecule has 1 fully saturated rings. The van der Waals surface area contributed by atoms with E-state index < -0.39 is 44.7 Å². The van der Waals surface area contributed by atoms with Crippen molar-refractivity contribution in [3.8, 4) is 0 Å². The molecule has 3 heterocycles. The molecule has 0 aliphatic carbocycles. The number of rotatable bonds is 12. The van der Waals surface area contributed by atoms with Crippen molar-refractivity contribution in [3.63, 3.8) is 0 Å². The fourth-order valence-corrected chi connectivity index (χ4v) is 6.28. The minimum absolute atomic E-state index is 0.0312. The highest BCUT2D eigenvalue weighted by atomic mass is 28.4. The summed E-state index contributed by atoms with van der Waals surface area (Å²) in [4.78, 5) is 56.1. The van der Waals surface area contributed by atoms with Crippen molar-refractivity contribution in [1.29, 1.82) is 0 Å². The molecule has 0 radical (unpaired) electrons. The number of esters is 1. The molecular weight excluding hydrogens is 598 g/mol. The first-order valence-electron chi connectivity index (χ1n) is 15.0. The number of anilines is 2. The van der Waals surface area contributed by atoms with E-state index in [1.807, 2.05) is 18.2 Å². The standard InChI is InChI=1S/C30H43N7O7Si/c1-8-41-23(39)16-20-21(14-15-22(38)43-31-5)42-28(25(20)44-45(6,7)30(2,3)4)37-18-34-24-26(32-17-33-27(24)37)36-29(40)35-19-12-10-9-11-13-19/h9-13,17-18,20-21,25,28,31H,8,14-16H2,1-7H3,(H2,32,33,35,36,40)/t20-,21-,25-,28-/m1/s1. The van der Waals surface area contributed by atoms with Crippen molar-refractivity contribution in [2.75, 3.05) is 24.3 Å². The van der Waals surface area contributed by atoms with Crippen LogP contribution in [0, 0.1) is 5.92 Å². The van der Waals surface area contributed by atoms with Gasteiger partial charge in [0.25, 0.3) is 0 Å². The van der Waals surface area contributed by atoms with E-state index in [0.717, 1.165) is 0 Å². The average Bonchev–Trinajstić information content (AvgIpc) is 3.54. The number of imidazole rings is 1. The lowest BCUT2D eigenvalue weighted by atomic mass is 9.91. The van der Waals surface area contributed by atoms with Crippen molar-refractivity contribution in [2.45, 2.75) is 83.5 Å². The minimum atomic E-state index is -2.43. The Labute approximate surface area is 263 Å². The van der Waals surface area contributed by atoms with E-state index in [9.17, 15) is 14.4 Å². The van der Waals surface area contributed by atoms with Crippen LogP contribution in [0.2, 0.25) is 18.1 Å². The van der Waals surface area contributed by atoms with Crippen LogP contribution >= 0.6 is 0 Å². The number of hydroxylamine groups is 1. The van der Waals surface area contributed by atoms with E-state index in [0.29, 0.717) is 16.9 Å². The van der Waals surface area contributed by atoms with Crippen LogP contribution < -0.4 is 16.1 Å². The van der Waals surface area contributed by atoms with Crippen molar-refractivity contribution >= 4 is 49.0 Å². The Morgan fingerprint density at radius 1 is 1.04 bits per heavy atom. The number of para-hydroxylation sites is 1. The number of amides is 2. The predicted molar refractivity (Wildman–Crippen MR) is 170 cm³/mol. The average molecular weight is 642 g/mol. The largest absolute Gasteiger partial charge is 0.466 e. The lowest BCUT2D eigenvalue weighted by Gasteiger charge is -2.40. The molecule has 0 unspecified atom stereocenters. The topological polar surface area (TPSA) is 168 Å². The minimum Gasteiger partial charge on any atom is -0.466 e. The van der Waals surface area contributed by atoms with E-state index in [1.54, 1.807) is 30.0 Å². The van der Waals surface area contributed by atoms with E-state index in [4.69, 9.17) is 18.7 Å². The second kappa shape index (κ2) is 14.5. The van der Waals surface area contributed by atoms with Crippen molar-refractivity contribution in [2.24, 2.45) is 5.92 Å².